The van der Waals surface area contributed by atoms with Crippen LogP contribution in [0.4, 0.5) is 0 Å². The summed E-state index contributed by atoms with van der Waals surface area (Å²) in [5.41, 5.74) is 1.40. The summed E-state index contributed by atoms with van der Waals surface area (Å²) in [7, 11) is 0. The normalized spacial score (nSPS) is 11.1. The molecule has 0 aliphatic rings. The van der Waals surface area contributed by atoms with Crippen molar-refractivity contribution in [1.29, 1.82) is 0 Å². The number of hydrogen-bond acceptors (Lipinski definition) is 2. The number of benzene rings is 1. The highest BCUT2D eigenvalue weighted by Crippen LogP contribution is 2.11. The molecule has 0 spiro atoms. The second-order valence-corrected chi connectivity index (χ2v) is 5.17. The molecule has 0 unspecified atom stereocenters. The van der Waals surface area contributed by atoms with Crippen molar-refractivity contribution in [3.63, 3.8) is 0 Å². The molecule has 2 heteroatoms. The minimum atomic E-state index is 1.04. The summed E-state index contributed by atoms with van der Waals surface area (Å²) in [4.78, 5) is 3.61. The van der Waals surface area contributed by atoms with Crippen LogP contribution in [0.15, 0.2) is 29.2 Å². The van der Waals surface area contributed by atoms with Crippen molar-refractivity contribution in [3.05, 3.63) is 29.8 Å². The summed E-state index contributed by atoms with van der Waals surface area (Å²) in [5.74, 6) is 0. The van der Waals surface area contributed by atoms with Crippen LogP contribution in [0, 0.1) is 0 Å². The third-order valence-corrected chi connectivity index (χ3v) is 3.30. The van der Waals surface area contributed by atoms with Gasteiger partial charge in [0.15, 0.2) is 0 Å². The lowest BCUT2D eigenvalue weighted by Gasteiger charge is -2.22. The van der Waals surface area contributed by atoms with E-state index in [9.17, 15) is 0 Å². The molecule has 17 heavy (non-hydrogen) atoms. The number of nitrogens with zero attached hydrogens (tertiary/aromatic N) is 1. The average molecular weight is 251 g/mol. The molecular weight excluding hydrogens is 226 g/mol. The zero-order valence-electron chi connectivity index (χ0n) is 11.2. The van der Waals surface area contributed by atoms with E-state index in [4.69, 9.17) is 0 Å². The van der Waals surface area contributed by atoms with E-state index < -0.39 is 0 Å². The minimum Gasteiger partial charge on any atom is -0.299 e. The summed E-state index contributed by atoms with van der Waals surface area (Å²) < 4.78 is 0. The van der Waals surface area contributed by atoms with Gasteiger partial charge in [0, 0.05) is 11.4 Å². The van der Waals surface area contributed by atoms with Crippen LogP contribution < -0.4 is 0 Å². The van der Waals surface area contributed by atoms with Gasteiger partial charge in [-0.25, -0.2) is 0 Å². The van der Waals surface area contributed by atoms with Crippen molar-refractivity contribution >= 4 is 12.6 Å². The largest absolute Gasteiger partial charge is 0.299 e. The molecule has 0 saturated heterocycles. The van der Waals surface area contributed by atoms with Gasteiger partial charge in [0.1, 0.15) is 0 Å². The van der Waals surface area contributed by atoms with Crippen LogP contribution in [-0.4, -0.2) is 18.0 Å². The molecule has 0 fully saturated rings. The third kappa shape index (κ3) is 6.13. The smallest absolute Gasteiger partial charge is 0.0233 e. The van der Waals surface area contributed by atoms with E-state index in [1.165, 1.54) is 44.3 Å². The highest BCUT2D eigenvalue weighted by molar-refractivity contribution is 7.80. The van der Waals surface area contributed by atoms with Crippen molar-refractivity contribution in [2.24, 2.45) is 0 Å². The van der Waals surface area contributed by atoms with E-state index in [2.05, 4.69) is 55.6 Å². The van der Waals surface area contributed by atoms with Crippen LogP contribution in [0.3, 0.4) is 0 Å². The second kappa shape index (κ2) is 8.60. The summed E-state index contributed by atoms with van der Waals surface area (Å²) in [6.07, 6.45) is 5.15. The maximum Gasteiger partial charge on any atom is 0.0233 e. The van der Waals surface area contributed by atoms with E-state index in [-0.39, 0.29) is 0 Å². The first kappa shape index (κ1) is 14.6. The third-order valence-electron chi connectivity index (χ3n) is 3.00. The molecule has 0 aliphatic carbocycles. The molecule has 0 amide bonds. The maximum absolute atomic E-state index is 4.32. The Labute approximate surface area is 112 Å². The standard InChI is InChI=1S/C15H25NS/c1-3-5-11-16(12-6-4-2)13-14-7-9-15(17)10-8-14/h7-10,17H,3-6,11-13H2,1-2H3. The van der Waals surface area contributed by atoms with Crippen LogP contribution in [0.25, 0.3) is 0 Å². The SMILES string of the molecule is CCCCN(CCCC)Cc1ccc(S)cc1. The Kier molecular flexibility index (Phi) is 7.38. The Hall–Kier alpha value is -0.470. The van der Waals surface area contributed by atoms with Gasteiger partial charge >= 0.3 is 0 Å². The molecule has 96 valence electrons. The zero-order chi connectivity index (χ0) is 12.5. The first-order chi connectivity index (χ1) is 8.26. The van der Waals surface area contributed by atoms with Crippen LogP contribution in [-0.2, 0) is 6.54 Å². The van der Waals surface area contributed by atoms with Gasteiger partial charge in [0.25, 0.3) is 0 Å². The first-order valence-electron chi connectivity index (χ1n) is 6.76. The summed E-state index contributed by atoms with van der Waals surface area (Å²) in [5, 5.41) is 0. The van der Waals surface area contributed by atoms with E-state index >= 15 is 0 Å². The van der Waals surface area contributed by atoms with Crippen LogP contribution >= 0.6 is 12.6 Å². The van der Waals surface area contributed by atoms with E-state index in [0.717, 1.165) is 11.4 Å². The highest BCUT2D eigenvalue weighted by Gasteiger charge is 2.04. The zero-order valence-corrected chi connectivity index (χ0v) is 12.0. The molecular formula is C15H25NS. The molecule has 0 heterocycles. The van der Waals surface area contributed by atoms with Crippen molar-refractivity contribution in [2.45, 2.75) is 51.0 Å². The van der Waals surface area contributed by atoms with E-state index in [1.807, 2.05) is 0 Å². The number of rotatable bonds is 8. The lowest BCUT2D eigenvalue weighted by molar-refractivity contribution is 0.257. The Morgan fingerprint density at radius 1 is 0.941 bits per heavy atom. The number of unbranched alkanes of at least 4 members (excludes halogenated alkanes) is 2. The molecule has 0 saturated carbocycles. The topological polar surface area (TPSA) is 3.24 Å². The van der Waals surface area contributed by atoms with Crippen LogP contribution in [0.2, 0.25) is 0 Å². The Morgan fingerprint density at radius 2 is 1.47 bits per heavy atom. The minimum absolute atomic E-state index is 1.04. The fourth-order valence-electron chi connectivity index (χ4n) is 1.89. The average Bonchev–Trinajstić information content (AvgIpc) is 2.35. The van der Waals surface area contributed by atoms with Crippen molar-refractivity contribution in [3.8, 4) is 0 Å². The van der Waals surface area contributed by atoms with Crippen molar-refractivity contribution in [2.75, 3.05) is 13.1 Å². The van der Waals surface area contributed by atoms with E-state index in [0.29, 0.717) is 0 Å². The number of hydrogen-bond donors (Lipinski definition) is 1. The molecule has 0 radical (unpaired) electrons. The van der Waals surface area contributed by atoms with Gasteiger partial charge in [0.2, 0.25) is 0 Å². The van der Waals surface area contributed by atoms with Gasteiger partial charge < -0.3 is 0 Å². The summed E-state index contributed by atoms with van der Waals surface area (Å²) in [6, 6.07) is 8.53. The van der Waals surface area contributed by atoms with Crippen molar-refractivity contribution in [1.82, 2.24) is 4.90 Å². The fraction of sp³-hybridized carbons (Fsp3) is 0.600. The first-order valence-corrected chi connectivity index (χ1v) is 7.21. The number of thiol groups is 1. The molecule has 0 aliphatic heterocycles. The fourth-order valence-corrected chi connectivity index (χ4v) is 2.04. The van der Waals surface area contributed by atoms with Gasteiger partial charge in [-0.15, -0.1) is 12.6 Å². The maximum atomic E-state index is 4.32. The predicted molar refractivity (Wildman–Crippen MR) is 78.8 cm³/mol. The van der Waals surface area contributed by atoms with Crippen LogP contribution in [0.5, 0.6) is 0 Å². The van der Waals surface area contributed by atoms with Gasteiger partial charge in [-0.05, 0) is 43.6 Å². The highest BCUT2D eigenvalue weighted by atomic mass is 32.1. The Morgan fingerprint density at radius 3 is 1.94 bits per heavy atom. The molecule has 1 rings (SSSR count). The molecule has 0 N–H and O–H groups in total. The quantitative estimate of drug-likeness (QED) is 0.671. The predicted octanol–water partition coefficient (Wildman–Crippen LogP) is 4.38. The van der Waals surface area contributed by atoms with Crippen molar-refractivity contribution < 1.29 is 0 Å². The van der Waals surface area contributed by atoms with E-state index in [1.54, 1.807) is 0 Å². The van der Waals surface area contributed by atoms with Gasteiger partial charge in [-0.2, -0.15) is 0 Å². The molecule has 1 nitrogen and oxygen atoms in total. The lowest BCUT2D eigenvalue weighted by atomic mass is 10.2. The molecule has 0 aromatic heterocycles. The van der Waals surface area contributed by atoms with Crippen LogP contribution in [0.1, 0.15) is 45.1 Å². The molecule has 0 bridgehead atoms. The molecule has 1 aromatic rings. The summed E-state index contributed by atoms with van der Waals surface area (Å²) >= 11 is 4.32. The molecule has 1 aromatic carbocycles. The van der Waals surface area contributed by atoms with Gasteiger partial charge in [-0.1, -0.05) is 38.8 Å². The van der Waals surface area contributed by atoms with Gasteiger partial charge in [-0.3, -0.25) is 4.90 Å². The monoisotopic (exact) mass is 251 g/mol. The van der Waals surface area contributed by atoms with Gasteiger partial charge in [0.05, 0.1) is 0 Å². The second-order valence-electron chi connectivity index (χ2n) is 4.65. The summed E-state index contributed by atoms with van der Waals surface area (Å²) in [6.45, 7) is 8.04. The Balaban J connectivity index is 2.48. The molecule has 0 atom stereocenters. The lowest BCUT2D eigenvalue weighted by Crippen LogP contribution is -2.25. The Bertz CT molecular complexity index is 286.